The van der Waals surface area contributed by atoms with E-state index in [1.807, 2.05) is 51.9 Å². The topological polar surface area (TPSA) is 125 Å². The molecule has 5 aromatic rings. The van der Waals surface area contributed by atoms with E-state index >= 15 is 0 Å². The van der Waals surface area contributed by atoms with Crippen molar-refractivity contribution in [3.63, 3.8) is 0 Å². The molecule has 0 saturated carbocycles. The van der Waals surface area contributed by atoms with Crippen LogP contribution in [0.1, 0.15) is 17.8 Å². The normalized spacial score (nSPS) is 14.6. The summed E-state index contributed by atoms with van der Waals surface area (Å²) in [4.78, 5) is 2.97. The van der Waals surface area contributed by atoms with Gasteiger partial charge in [-0.1, -0.05) is 41.1 Å². The molecule has 43 heavy (non-hydrogen) atoms. The van der Waals surface area contributed by atoms with Gasteiger partial charge in [0.1, 0.15) is 4.70 Å². The van der Waals surface area contributed by atoms with Crippen molar-refractivity contribution in [3.05, 3.63) is 82.6 Å². The van der Waals surface area contributed by atoms with Crippen molar-refractivity contribution in [2.45, 2.75) is 19.4 Å². The first-order chi connectivity index (χ1) is 20.4. The molecule has 0 radical (unpaired) electrons. The summed E-state index contributed by atoms with van der Waals surface area (Å²) in [5.74, 6) is 0.266. The van der Waals surface area contributed by atoms with Crippen LogP contribution in [0.15, 0.2) is 72.6 Å². The Morgan fingerprint density at radius 3 is 2.42 bits per heavy atom. The summed E-state index contributed by atoms with van der Waals surface area (Å²) in [6.07, 6.45) is 2.16. The van der Waals surface area contributed by atoms with Crippen molar-refractivity contribution in [1.82, 2.24) is 0 Å². The van der Waals surface area contributed by atoms with Crippen LogP contribution in [0, 0.1) is 0 Å². The fourth-order valence-corrected chi connectivity index (χ4v) is 8.35. The fourth-order valence-electron chi connectivity index (χ4n) is 5.04. The molecule has 0 saturated heterocycles. The van der Waals surface area contributed by atoms with Crippen molar-refractivity contribution < 1.29 is 35.2 Å². The van der Waals surface area contributed by atoms with Crippen molar-refractivity contribution in [2.24, 2.45) is 0 Å². The smallest absolute Gasteiger partial charge is 0.268 e. The predicted molar refractivity (Wildman–Crippen MR) is 172 cm³/mol. The predicted octanol–water partition coefficient (Wildman–Crippen LogP) is 6.48. The summed E-state index contributed by atoms with van der Waals surface area (Å²) in [7, 11) is -8.29. The molecule has 6 rings (SSSR count). The molecule has 0 unspecified atom stereocenters. The average molecular weight is 678 g/mol. The van der Waals surface area contributed by atoms with Crippen molar-refractivity contribution in [2.75, 3.05) is 23.0 Å². The highest BCUT2D eigenvalue weighted by atomic mass is 35.5. The van der Waals surface area contributed by atoms with Crippen molar-refractivity contribution in [3.8, 4) is 16.2 Å². The number of hydrogen-bond acceptors (Lipinski definition) is 8. The minimum atomic E-state index is -4.16. The summed E-state index contributed by atoms with van der Waals surface area (Å²) in [6, 6.07) is 21.6. The van der Waals surface area contributed by atoms with E-state index in [2.05, 4.69) is 18.2 Å². The number of benzene rings is 3. The summed E-state index contributed by atoms with van der Waals surface area (Å²) < 4.78 is 74.8. The number of anilines is 1. The Morgan fingerprint density at radius 2 is 1.65 bits per heavy atom. The molecule has 14 heteroatoms. The van der Waals surface area contributed by atoms with Gasteiger partial charge in [-0.25, -0.2) is 0 Å². The number of thiophene rings is 1. The minimum Gasteiger partial charge on any atom is -0.438 e. The third-order valence-corrected chi connectivity index (χ3v) is 11.1. The molecule has 224 valence electrons. The van der Waals surface area contributed by atoms with E-state index in [4.69, 9.17) is 16.3 Å². The van der Waals surface area contributed by atoms with E-state index in [0.717, 1.165) is 36.7 Å². The third kappa shape index (κ3) is 6.88. The molecule has 0 amide bonds. The zero-order valence-electron chi connectivity index (χ0n) is 22.5. The quantitative estimate of drug-likeness (QED) is 0.127. The molecule has 0 atom stereocenters. The molecule has 2 aromatic heterocycles. The number of aryl methyl sites for hydroxylation is 1. The highest BCUT2D eigenvalue weighted by molar-refractivity contribution is 7.86. The van der Waals surface area contributed by atoms with Crippen LogP contribution >= 0.6 is 34.3 Å². The highest BCUT2D eigenvalue weighted by Crippen LogP contribution is 2.44. The molecular formula is C29H26ClN2O7S4+. The zero-order valence-corrected chi connectivity index (χ0v) is 26.5. The van der Waals surface area contributed by atoms with Crippen LogP contribution in [0.5, 0.6) is 5.75 Å². The molecule has 0 bridgehead atoms. The van der Waals surface area contributed by atoms with Crippen molar-refractivity contribution >= 4 is 86.6 Å². The molecule has 3 aromatic carbocycles. The Kier molecular flexibility index (Phi) is 8.24. The molecule has 0 aliphatic carbocycles. The molecule has 0 spiro atoms. The minimum absolute atomic E-state index is 0.155. The number of ether oxygens (including phenoxy) is 1. The van der Waals surface area contributed by atoms with Gasteiger partial charge in [-0.3, -0.25) is 9.11 Å². The maximum atomic E-state index is 11.5. The first kappa shape index (κ1) is 30.0. The number of hydrogen-bond donors (Lipinski definition) is 2. The van der Waals surface area contributed by atoms with Gasteiger partial charge >= 0.3 is 0 Å². The van der Waals surface area contributed by atoms with E-state index in [0.29, 0.717) is 23.2 Å². The number of halogens is 1. The van der Waals surface area contributed by atoms with E-state index in [1.165, 1.54) is 16.0 Å². The van der Waals surface area contributed by atoms with Gasteiger partial charge < -0.3 is 9.64 Å². The van der Waals surface area contributed by atoms with Crippen LogP contribution in [0.2, 0.25) is 5.02 Å². The van der Waals surface area contributed by atoms with Crippen LogP contribution in [-0.2, 0) is 26.8 Å². The van der Waals surface area contributed by atoms with Crippen molar-refractivity contribution in [1.29, 1.82) is 0 Å². The molecule has 1 aliphatic heterocycles. The Morgan fingerprint density at radius 1 is 0.884 bits per heavy atom. The number of thiazole rings is 1. The Hall–Kier alpha value is -3.04. The highest BCUT2D eigenvalue weighted by Gasteiger charge is 2.30. The van der Waals surface area contributed by atoms with Gasteiger partial charge in [-0.15, -0.1) is 11.3 Å². The lowest BCUT2D eigenvalue weighted by Gasteiger charge is -2.18. The number of fused-ring (bicyclic) bond motifs is 3. The second kappa shape index (κ2) is 11.8. The largest absolute Gasteiger partial charge is 0.438 e. The van der Waals surface area contributed by atoms with Gasteiger partial charge in [0.2, 0.25) is 11.4 Å². The third-order valence-electron chi connectivity index (χ3n) is 6.95. The Balaban J connectivity index is 1.40. The van der Waals surface area contributed by atoms with E-state index in [9.17, 15) is 25.9 Å². The zero-order chi connectivity index (χ0) is 30.4. The maximum Gasteiger partial charge on any atom is 0.268 e. The lowest BCUT2D eigenvalue weighted by molar-refractivity contribution is -0.668. The van der Waals surface area contributed by atoms with Crippen LogP contribution in [0.4, 0.5) is 5.69 Å². The van der Waals surface area contributed by atoms with Crippen LogP contribution in [-0.4, -0.2) is 44.0 Å². The lowest BCUT2D eigenvalue weighted by atomic mass is 10.1. The van der Waals surface area contributed by atoms with E-state index in [1.54, 1.807) is 23.5 Å². The molecule has 3 heterocycles. The summed E-state index contributed by atoms with van der Waals surface area (Å²) in [6.45, 7) is 0.555. The summed E-state index contributed by atoms with van der Waals surface area (Å²) >= 11 is 9.43. The first-order valence-corrected chi connectivity index (χ1v) is 18.5. The molecule has 2 N–H and O–H groups in total. The van der Waals surface area contributed by atoms with E-state index < -0.39 is 31.7 Å². The van der Waals surface area contributed by atoms with Crippen LogP contribution in [0.3, 0.4) is 0 Å². The number of nitrogens with zero attached hydrogens (tertiary/aromatic N) is 2. The van der Waals surface area contributed by atoms with Gasteiger partial charge in [-0.05, 0) is 59.8 Å². The van der Waals surface area contributed by atoms with Crippen LogP contribution in [0.25, 0.3) is 36.8 Å². The maximum absolute atomic E-state index is 11.5. The summed E-state index contributed by atoms with van der Waals surface area (Å²) in [5, 5.41) is 2.42. The van der Waals surface area contributed by atoms with Gasteiger partial charge in [0, 0.05) is 33.6 Å². The second-order valence-electron chi connectivity index (χ2n) is 10.1. The standard InChI is InChI=1S/C29H25ClN2O7S4/c30-21-8-10-26-23(17-21)32(12-4-14-43(36,37)38)29(41-26)18-28-31(11-3-13-42(33,34)35)22-15-20(7-9-24(22)39-28)27-16-19-5-1-2-6-25(19)40-27/h1-2,5-10,15-18H,3-4,11-14H2,(H-,33,34,35,36,37,38)/p+1. The molecule has 1 aliphatic rings. The molecule has 0 fully saturated rings. The monoisotopic (exact) mass is 677 g/mol. The van der Waals surface area contributed by atoms with Crippen LogP contribution < -0.4 is 14.2 Å². The van der Waals surface area contributed by atoms with Gasteiger partial charge in [0.05, 0.1) is 23.3 Å². The van der Waals surface area contributed by atoms with Gasteiger partial charge in [0.15, 0.2) is 12.3 Å². The van der Waals surface area contributed by atoms with E-state index in [-0.39, 0.29) is 19.4 Å². The fraction of sp³-hybridized carbons (Fsp3) is 0.207. The average Bonchev–Trinajstić information content (AvgIpc) is 3.61. The van der Waals surface area contributed by atoms with Gasteiger partial charge in [0.25, 0.3) is 25.2 Å². The lowest BCUT2D eigenvalue weighted by Crippen LogP contribution is -2.36. The Labute approximate surface area is 261 Å². The molecule has 9 nitrogen and oxygen atoms in total. The number of aromatic nitrogens is 1. The first-order valence-electron chi connectivity index (χ1n) is 13.3. The second-order valence-corrected chi connectivity index (χ2v) is 15.8. The molecular weight excluding hydrogens is 652 g/mol. The summed E-state index contributed by atoms with van der Waals surface area (Å²) in [5.41, 5.74) is 2.56. The SMILES string of the molecule is O=S(=O)(O)CCCN1/C(=C/c2sc3ccc(Cl)cc3[n+]2CCCS(=O)(=O)O)Oc2ccc(-c3cc4ccccc4s3)cc21. The number of rotatable bonds is 10. The van der Waals surface area contributed by atoms with Gasteiger partial charge in [-0.2, -0.15) is 21.4 Å². The Bertz CT molecular complexity index is 2070.